The SMILES string of the molecule is Nc1ncc2c(n1)CC(c1ccc(F)cc1-c1cccnc1)CC2=O. The molecule has 0 saturated carbocycles. The average molecular weight is 334 g/mol. The maximum absolute atomic E-state index is 13.8. The van der Waals surface area contributed by atoms with Crippen molar-refractivity contribution in [2.24, 2.45) is 0 Å². The van der Waals surface area contributed by atoms with E-state index in [0.29, 0.717) is 24.1 Å². The molecule has 0 aliphatic heterocycles. The number of halogens is 1. The topological polar surface area (TPSA) is 81.8 Å². The number of ketones is 1. The van der Waals surface area contributed by atoms with Crippen LogP contribution in [0.2, 0.25) is 0 Å². The molecule has 5 nitrogen and oxygen atoms in total. The van der Waals surface area contributed by atoms with Crippen LogP contribution in [0.15, 0.2) is 48.9 Å². The van der Waals surface area contributed by atoms with E-state index in [1.165, 1.54) is 18.3 Å². The van der Waals surface area contributed by atoms with E-state index in [1.807, 2.05) is 6.07 Å². The lowest BCUT2D eigenvalue weighted by Crippen LogP contribution is -2.21. The summed E-state index contributed by atoms with van der Waals surface area (Å²) in [4.78, 5) is 24.7. The first kappa shape index (κ1) is 15.4. The summed E-state index contributed by atoms with van der Waals surface area (Å²) in [6.45, 7) is 0. The van der Waals surface area contributed by atoms with Crippen LogP contribution in [-0.4, -0.2) is 20.7 Å². The summed E-state index contributed by atoms with van der Waals surface area (Å²) < 4.78 is 13.8. The number of hydrogen-bond donors (Lipinski definition) is 1. The molecule has 1 unspecified atom stereocenters. The van der Waals surface area contributed by atoms with Crippen molar-refractivity contribution in [3.05, 3.63) is 71.6 Å². The predicted octanol–water partition coefficient (Wildman–Crippen LogP) is 3.17. The van der Waals surface area contributed by atoms with Gasteiger partial charge < -0.3 is 5.73 Å². The van der Waals surface area contributed by atoms with E-state index in [-0.39, 0.29) is 23.5 Å². The summed E-state index contributed by atoms with van der Waals surface area (Å²) in [5, 5.41) is 0. The first-order valence-electron chi connectivity index (χ1n) is 7.96. The van der Waals surface area contributed by atoms with E-state index in [0.717, 1.165) is 16.7 Å². The summed E-state index contributed by atoms with van der Waals surface area (Å²) in [5.74, 6) is -0.284. The molecule has 0 spiro atoms. The van der Waals surface area contributed by atoms with E-state index in [9.17, 15) is 9.18 Å². The van der Waals surface area contributed by atoms with E-state index in [1.54, 1.807) is 24.5 Å². The van der Waals surface area contributed by atoms with Gasteiger partial charge in [0.25, 0.3) is 0 Å². The highest BCUT2D eigenvalue weighted by Crippen LogP contribution is 2.37. The van der Waals surface area contributed by atoms with Crippen LogP contribution in [0.1, 0.15) is 34.0 Å². The molecule has 2 N–H and O–H groups in total. The molecule has 3 aromatic rings. The minimum absolute atomic E-state index is 0.0206. The van der Waals surface area contributed by atoms with Gasteiger partial charge in [-0.3, -0.25) is 9.78 Å². The standard InChI is InChI=1S/C19H15FN4O/c20-13-3-4-14(15(8-13)11-2-1-5-22-9-11)12-6-17-16(18(25)7-12)10-23-19(21)24-17/h1-5,8-10,12H,6-7H2,(H2,21,23,24). The number of anilines is 1. The second-order valence-corrected chi connectivity index (χ2v) is 6.09. The predicted molar refractivity (Wildman–Crippen MR) is 91.5 cm³/mol. The monoisotopic (exact) mass is 334 g/mol. The van der Waals surface area contributed by atoms with Crippen LogP contribution in [0.5, 0.6) is 0 Å². The third-order valence-electron chi connectivity index (χ3n) is 4.49. The lowest BCUT2D eigenvalue weighted by Gasteiger charge is -2.25. The maximum atomic E-state index is 13.8. The molecule has 1 atom stereocenters. The number of fused-ring (bicyclic) bond motifs is 1. The molecule has 2 aromatic heterocycles. The van der Waals surface area contributed by atoms with Crippen molar-refractivity contribution in [1.82, 2.24) is 15.0 Å². The van der Waals surface area contributed by atoms with Gasteiger partial charge in [0.05, 0.1) is 11.3 Å². The van der Waals surface area contributed by atoms with Gasteiger partial charge in [0.15, 0.2) is 5.78 Å². The average Bonchev–Trinajstić information content (AvgIpc) is 2.62. The van der Waals surface area contributed by atoms with Gasteiger partial charge in [-0.2, -0.15) is 0 Å². The molecule has 4 rings (SSSR count). The van der Waals surface area contributed by atoms with Crippen molar-refractivity contribution in [3.8, 4) is 11.1 Å². The number of benzene rings is 1. The van der Waals surface area contributed by atoms with Crippen LogP contribution < -0.4 is 5.73 Å². The first-order chi connectivity index (χ1) is 12.1. The Morgan fingerprint density at radius 3 is 2.80 bits per heavy atom. The Morgan fingerprint density at radius 1 is 1.12 bits per heavy atom. The van der Waals surface area contributed by atoms with Gasteiger partial charge in [-0.1, -0.05) is 12.1 Å². The molecule has 25 heavy (non-hydrogen) atoms. The van der Waals surface area contributed by atoms with Crippen LogP contribution >= 0.6 is 0 Å². The van der Waals surface area contributed by atoms with Gasteiger partial charge in [0, 0.05) is 30.6 Å². The summed E-state index contributed by atoms with van der Waals surface area (Å²) in [5.41, 5.74) is 9.30. The van der Waals surface area contributed by atoms with Crippen LogP contribution in [0.4, 0.5) is 10.3 Å². The molecule has 1 aliphatic rings. The van der Waals surface area contributed by atoms with Crippen molar-refractivity contribution in [2.45, 2.75) is 18.8 Å². The van der Waals surface area contributed by atoms with E-state index in [2.05, 4.69) is 15.0 Å². The molecule has 2 heterocycles. The fourth-order valence-electron chi connectivity index (χ4n) is 3.34. The number of nitrogens with two attached hydrogens (primary N) is 1. The fourth-order valence-corrected chi connectivity index (χ4v) is 3.34. The molecule has 1 aliphatic carbocycles. The number of nitrogen functional groups attached to an aromatic ring is 1. The van der Waals surface area contributed by atoms with Gasteiger partial charge in [-0.25, -0.2) is 14.4 Å². The molecular formula is C19H15FN4O. The van der Waals surface area contributed by atoms with Crippen molar-refractivity contribution in [2.75, 3.05) is 5.73 Å². The summed E-state index contributed by atoms with van der Waals surface area (Å²) in [6, 6.07) is 8.33. The van der Waals surface area contributed by atoms with Gasteiger partial charge >= 0.3 is 0 Å². The van der Waals surface area contributed by atoms with Crippen molar-refractivity contribution in [1.29, 1.82) is 0 Å². The maximum Gasteiger partial charge on any atom is 0.220 e. The minimum Gasteiger partial charge on any atom is -0.368 e. The summed E-state index contributed by atoms with van der Waals surface area (Å²) in [7, 11) is 0. The van der Waals surface area contributed by atoms with E-state index < -0.39 is 0 Å². The number of rotatable bonds is 2. The van der Waals surface area contributed by atoms with Crippen LogP contribution in [-0.2, 0) is 6.42 Å². The number of aromatic nitrogens is 3. The van der Waals surface area contributed by atoms with Gasteiger partial charge in [0.2, 0.25) is 5.95 Å². The zero-order valence-electron chi connectivity index (χ0n) is 13.3. The molecule has 0 bridgehead atoms. The molecule has 0 radical (unpaired) electrons. The van der Waals surface area contributed by atoms with Crippen molar-refractivity contribution >= 4 is 11.7 Å². The van der Waals surface area contributed by atoms with Crippen molar-refractivity contribution in [3.63, 3.8) is 0 Å². The van der Waals surface area contributed by atoms with Crippen LogP contribution in [0.3, 0.4) is 0 Å². The van der Waals surface area contributed by atoms with Gasteiger partial charge in [0.1, 0.15) is 5.82 Å². The summed E-state index contributed by atoms with van der Waals surface area (Å²) in [6.07, 6.45) is 5.74. The van der Waals surface area contributed by atoms with Gasteiger partial charge in [-0.05, 0) is 41.7 Å². The Bertz CT molecular complexity index is 959. The fraction of sp³-hybridized carbons (Fsp3) is 0.158. The summed E-state index contributed by atoms with van der Waals surface area (Å²) >= 11 is 0. The Morgan fingerprint density at radius 2 is 2.00 bits per heavy atom. The quantitative estimate of drug-likeness (QED) is 0.778. The third-order valence-corrected chi connectivity index (χ3v) is 4.49. The number of carbonyl (C=O) groups is 1. The van der Waals surface area contributed by atoms with Crippen molar-refractivity contribution < 1.29 is 9.18 Å². The number of carbonyl (C=O) groups excluding carboxylic acids is 1. The Kier molecular flexibility index (Phi) is 3.72. The number of hydrogen-bond acceptors (Lipinski definition) is 5. The highest BCUT2D eigenvalue weighted by molar-refractivity contribution is 5.98. The largest absolute Gasteiger partial charge is 0.368 e. The molecule has 0 amide bonds. The van der Waals surface area contributed by atoms with Crippen LogP contribution in [0.25, 0.3) is 11.1 Å². The Labute approximate surface area is 143 Å². The lowest BCUT2D eigenvalue weighted by atomic mass is 9.79. The van der Waals surface area contributed by atoms with E-state index >= 15 is 0 Å². The zero-order valence-corrected chi connectivity index (χ0v) is 13.3. The molecular weight excluding hydrogens is 319 g/mol. The second kappa shape index (κ2) is 6.05. The highest BCUT2D eigenvalue weighted by atomic mass is 19.1. The van der Waals surface area contributed by atoms with Crippen LogP contribution in [0, 0.1) is 5.82 Å². The molecule has 0 fully saturated rings. The second-order valence-electron chi connectivity index (χ2n) is 6.09. The normalized spacial score (nSPS) is 16.5. The minimum atomic E-state index is -0.322. The number of Topliss-reactive ketones (excluding diaryl/α,β-unsaturated/α-hetero) is 1. The van der Waals surface area contributed by atoms with E-state index in [4.69, 9.17) is 5.73 Å². The number of nitrogens with zero attached hydrogens (tertiary/aromatic N) is 3. The smallest absolute Gasteiger partial charge is 0.220 e. The van der Waals surface area contributed by atoms with Gasteiger partial charge in [-0.15, -0.1) is 0 Å². The zero-order chi connectivity index (χ0) is 17.4. The number of pyridine rings is 1. The molecule has 1 aromatic carbocycles. The molecule has 6 heteroatoms. The molecule has 124 valence electrons. The highest BCUT2D eigenvalue weighted by Gasteiger charge is 2.29. The Balaban J connectivity index is 1.80. The first-order valence-corrected chi connectivity index (χ1v) is 7.96. The Hall–Kier alpha value is -3.15. The lowest BCUT2D eigenvalue weighted by molar-refractivity contribution is 0.0963. The third kappa shape index (κ3) is 2.87. The molecule has 0 saturated heterocycles.